The van der Waals surface area contributed by atoms with Crippen LogP contribution in [0.2, 0.25) is 0 Å². The fraction of sp³-hybridized carbons (Fsp3) is 0.385. The Morgan fingerprint density at radius 3 is 2.65 bits per heavy atom. The first-order valence-corrected chi connectivity index (χ1v) is 6.06. The Hall–Kier alpha value is -2.44. The van der Waals surface area contributed by atoms with Crippen molar-refractivity contribution in [2.75, 3.05) is 6.61 Å². The highest BCUT2D eigenvalue weighted by Gasteiger charge is 2.31. The zero-order chi connectivity index (χ0) is 14.7. The average molecular weight is 278 g/mol. The Labute approximate surface area is 115 Å². The molecule has 1 aromatic carbocycles. The van der Waals surface area contributed by atoms with Crippen molar-refractivity contribution in [2.45, 2.75) is 26.0 Å². The van der Waals surface area contributed by atoms with Crippen LogP contribution in [0.3, 0.4) is 0 Å². The highest BCUT2D eigenvalue weighted by atomic mass is 16.6. The Balaban J connectivity index is 2.13. The molecule has 2 atom stereocenters. The average Bonchev–Trinajstić information content (AvgIpc) is 2.77. The Morgan fingerprint density at radius 2 is 2.10 bits per heavy atom. The minimum absolute atomic E-state index is 0.0147. The molecule has 0 N–H and O–H groups in total. The molecule has 2 rings (SSSR count). The van der Waals surface area contributed by atoms with Gasteiger partial charge in [-0.1, -0.05) is 0 Å². The highest BCUT2D eigenvalue weighted by Crippen LogP contribution is 2.30. The van der Waals surface area contributed by atoms with Crippen molar-refractivity contribution >= 4 is 17.6 Å². The van der Waals surface area contributed by atoms with E-state index in [1.165, 1.54) is 19.1 Å². The summed E-state index contributed by atoms with van der Waals surface area (Å²) in [6.45, 7) is 3.16. The molecule has 0 bridgehead atoms. The molecule has 7 nitrogen and oxygen atoms in total. The lowest BCUT2D eigenvalue weighted by molar-refractivity contribution is -0.384. The summed E-state index contributed by atoms with van der Waals surface area (Å²) >= 11 is 0. The SMILES string of the molecule is CC(=O)OC[C@@H]1N=C(C)O[C@H]1c1ccc([N+](=O)[O-])cc1. The number of carbonyl (C=O) groups is 1. The second kappa shape index (κ2) is 5.68. The Bertz CT molecular complexity index is 552. The fourth-order valence-electron chi connectivity index (χ4n) is 2.00. The molecule has 1 heterocycles. The number of hydrogen-bond acceptors (Lipinski definition) is 6. The molecule has 1 aliphatic heterocycles. The summed E-state index contributed by atoms with van der Waals surface area (Å²) in [7, 11) is 0. The van der Waals surface area contributed by atoms with E-state index in [-0.39, 0.29) is 24.3 Å². The van der Waals surface area contributed by atoms with E-state index in [0.717, 1.165) is 5.56 Å². The van der Waals surface area contributed by atoms with Crippen LogP contribution < -0.4 is 0 Å². The molecule has 0 saturated carbocycles. The molecular formula is C13H14N2O5. The maximum absolute atomic E-state index is 10.9. The second-order valence-electron chi connectivity index (χ2n) is 4.41. The third kappa shape index (κ3) is 3.11. The minimum atomic E-state index is -0.461. The first-order valence-electron chi connectivity index (χ1n) is 6.06. The van der Waals surface area contributed by atoms with Crippen molar-refractivity contribution < 1.29 is 19.2 Å². The molecule has 0 spiro atoms. The molecule has 0 saturated heterocycles. The van der Waals surface area contributed by atoms with Gasteiger partial charge >= 0.3 is 5.97 Å². The molecule has 0 aromatic heterocycles. The summed E-state index contributed by atoms with van der Waals surface area (Å²) in [6, 6.07) is 5.74. The number of rotatable bonds is 4. The summed E-state index contributed by atoms with van der Waals surface area (Å²) in [5, 5.41) is 10.6. The van der Waals surface area contributed by atoms with Gasteiger partial charge in [0, 0.05) is 26.0 Å². The van der Waals surface area contributed by atoms with Crippen molar-refractivity contribution in [3.8, 4) is 0 Å². The van der Waals surface area contributed by atoms with Gasteiger partial charge in [-0.2, -0.15) is 0 Å². The molecule has 20 heavy (non-hydrogen) atoms. The second-order valence-corrected chi connectivity index (χ2v) is 4.41. The van der Waals surface area contributed by atoms with Crippen LogP contribution in [0.25, 0.3) is 0 Å². The molecular weight excluding hydrogens is 264 g/mol. The van der Waals surface area contributed by atoms with E-state index in [2.05, 4.69) is 4.99 Å². The third-order valence-corrected chi connectivity index (χ3v) is 2.88. The van der Waals surface area contributed by atoms with E-state index < -0.39 is 11.0 Å². The van der Waals surface area contributed by atoms with Gasteiger partial charge in [-0.05, 0) is 17.7 Å². The lowest BCUT2D eigenvalue weighted by atomic mass is 10.0. The van der Waals surface area contributed by atoms with Gasteiger partial charge in [0.2, 0.25) is 0 Å². The lowest BCUT2D eigenvalue weighted by Gasteiger charge is -2.17. The molecule has 0 radical (unpaired) electrons. The van der Waals surface area contributed by atoms with Gasteiger partial charge in [0.25, 0.3) is 5.69 Å². The number of hydrogen-bond donors (Lipinski definition) is 0. The van der Waals surface area contributed by atoms with Gasteiger partial charge in [-0.15, -0.1) is 0 Å². The number of esters is 1. The van der Waals surface area contributed by atoms with Crippen LogP contribution in [-0.2, 0) is 14.3 Å². The maximum Gasteiger partial charge on any atom is 0.302 e. The van der Waals surface area contributed by atoms with Crippen LogP contribution in [0.5, 0.6) is 0 Å². The highest BCUT2D eigenvalue weighted by molar-refractivity contribution is 5.75. The number of carbonyl (C=O) groups excluding carboxylic acids is 1. The van der Waals surface area contributed by atoms with Gasteiger partial charge in [0.15, 0.2) is 12.0 Å². The van der Waals surface area contributed by atoms with Gasteiger partial charge < -0.3 is 9.47 Å². The van der Waals surface area contributed by atoms with Crippen LogP contribution in [0.15, 0.2) is 29.3 Å². The normalized spacial score (nSPS) is 21.0. The molecule has 7 heteroatoms. The topological polar surface area (TPSA) is 91.0 Å². The van der Waals surface area contributed by atoms with E-state index in [1.807, 2.05) is 0 Å². The van der Waals surface area contributed by atoms with Gasteiger partial charge in [0.1, 0.15) is 12.6 Å². The number of nitrogens with zero attached hydrogens (tertiary/aromatic N) is 2. The number of nitro benzene ring substituents is 1. The molecule has 0 aliphatic carbocycles. The van der Waals surface area contributed by atoms with Crippen LogP contribution in [-0.4, -0.2) is 29.4 Å². The van der Waals surface area contributed by atoms with Crippen molar-refractivity contribution in [1.29, 1.82) is 0 Å². The number of nitro groups is 1. The van der Waals surface area contributed by atoms with Gasteiger partial charge in [-0.25, -0.2) is 4.99 Å². The Morgan fingerprint density at radius 1 is 1.45 bits per heavy atom. The van der Waals surface area contributed by atoms with Crippen molar-refractivity contribution in [2.24, 2.45) is 4.99 Å². The van der Waals surface area contributed by atoms with Gasteiger partial charge in [-0.3, -0.25) is 14.9 Å². The standard InChI is InChI=1S/C13H14N2O5/c1-8-14-12(7-19-9(2)16)13(20-8)10-3-5-11(6-4-10)15(17)18/h3-6,12-13H,7H2,1-2H3/t12-,13-/m0/s1. The van der Waals surface area contributed by atoms with E-state index in [1.54, 1.807) is 19.1 Å². The summed E-state index contributed by atoms with van der Waals surface area (Å²) in [5.41, 5.74) is 0.772. The predicted molar refractivity (Wildman–Crippen MR) is 70.5 cm³/mol. The van der Waals surface area contributed by atoms with E-state index >= 15 is 0 Å². The number of benzene rings is 1. The molecule has 0 unspecified atom stereocenters. The predicted octanol–water partition coefficient (Wildman–Crippen LogP) is 2.02. The zero-order valence-electron chi connectivity index (χ0n) is 11.1. The lowest BCUT2D eigenvalue weighted by Crippen LogP contribution is -2.21. The van der Waals surface area contributed by atoms with Crippen LogP contribution in [0.4, 0.5) is 5.69 Å². The summed E-state index contributed by atoms with van der Waals surface area (Å²) in [6.07, 6.45) is -0.393. The summed E-state index contributed by atoms with van der Waals surface area (Å²) in [4.78, 5) is 25.3. The number of non-ortho nitro benzene ring substituents is 1. The first-order chi connectivity index (χ1) is 9.47. The minimum Gasteiger partial charge on any atom is -0.471 e. The molecule has 0 amide bonds. The smallest absolute Gasteiger partial charge is 0.302 e. The van der Waals surface area contributed by atoms with E-state index in [9.17, 15) is 14.9 Å². The van der Waals surface area contributed by atoms with Crippen LogP contribution in [0, 0.1) is 10.1 Å². The molecule has 106 valence electrons. The van der Waals surface area contributed by atoms with Crippen LogP contribution in [0.1, 0.15) is 25.5 Å². The van der Waals surface area contributed by atoms with Crippen LogP contribution >= 0.6 is 0 Å². The van der Waals surface area contributed by atoms with Crippen molar-refractivity contribution in [3.05, 3.63) is 39.9 Å². The quantitative estimate of drug-likeness (QED) is 0.477. The Kier molecular flexibility index (Phi) is 3.97. The van der Waals surface area contributed by atoms with E-state index in [0.29, 0.717) is 5.90 Å². The molecule has 1 aromatic rings. The van der Waals surface area contributed by atoms with E-state index in [4.69, 9.17) is 9.47 Å². The zero-order valence-corrected chi connectivity index (χ0v) is 11.1. The first kappa shape index (κ1) is 14.0. The number of ether oxygens (including phenoxy) is 2. The van der Waals surface area contributed by atoms with Crippen molar-refractivity contribution in [3.63, 3.8) is 0 Å². The summed E-state index contributed by atoms with van der Waals surface area (Å²) in [5.74, 6) is 0.123. The van der Waals surface area contributed by atoms with Crippen molar-refractivity contribution in [1.82, 2.24) is 0 Å². The monoisotopic (exact) mass is 278 g/mol. The fourth-order valence-corrected chi connectivity index (χ4v) is 2.00. The number of aliphatic imine (C=N–C) groups is 1. The largest absolute Gasteiger partial charge is 0.471 e. The summed E-state index contributed by atoms with van der Waals surface area (Å²) < 4.78 is 10.5. The molecule has 1 aliphatic rings. The third-order valence-electron chi connectivity index (χ3n) is 2.88. The molecule has 0 fully saturated rings. The van der Waals surface area contributed by atoms with Gasteiger partial charge in [0.05, 0.1) is 4.92 Å². The maximum atomic E-state index is 10.9.